The Labute approximate surface area is 98.0 Å². The largest absolute Gasteiger partial charge is 0.455 e. The van der Waals surface area contributed by atoms with Gasteiger partial charge < -0.3 is 4.42 Å². The number of benzene rings is 1. The molecule has 16 heavy (non-hydrogen) atoms. The van der Waals surface area contributed by atoms with E-state index in [0.29, 0.717) is 0 Å². The molecule has 0 radical (unpaired) electrons. The van der Waals surface area contributed by atoms with Gasteiger partial charge in [-0.05, 0) is 23.6 Å². The lowest BCUT2D eigenvalue weighted by atomic mass is 10.2. The van der Waals surface area contributed by atoms with E-state index < -0.39 is 0 Å². The zero-order chi connectivity index (χ0) is 10.8. The third-order valence-corrected chi connectivity index (χ3v) is 3.31. The summed E-state index contributed by atoms with van der Waals surface area (Å²) in [7, 11) is 0. The van der Waals surface area contributed by atoms with Crippen LogP contribution < -0.4 is 0 Å². The maximum absolute atomic E-state index is 5.82. The second-order valence-electron chi connectivity index (χ2n) is 3.51. The summed E-state index contributed by atoms with van der Waals surface area (Å²) in [6, 6.07) is 18.3. The van der Waals surface area contributed by atoms with Crippen LogP contribution in [0.1, 0.15) is 0 Å². The van der Waals surface area contributed by atoms with Crippen molar-refractivity contribution in [2.45, 2.75) is 0 Å². The molecule has 0 atom stereocenters. The molecular formula is C14H10OS. The van der Waals surface area contributed by atoms with Gasteiger partial charge in [-0.3, -0.25) is 0 Å². The monoisotopic (exact) mass is 226 g/mol. The standard InChI is InChI=1S/C14H10OS/c1-2-5-11(6-3-1)12-8-9-13(15-12)14-7-4-10-16-14/h1-10H. The lowest BCUT2D eigenvalue weighted by Gasteiger charge is -1.95. The van der Waals surface area contributed by atoms with Gasteiger partial charge in [0.25, 0.3) is 0 Å². The fourth-order valence-corrected chi connectivity index (χ4v) is 2.33. The number of thiophene rings is 1. The Hall–Kier alpha value is -1.80. The topological polar surface area (TPSA) is 13.1 Å². The summed E-state index contributed by atoms with van der Waals surface area (Å²) in [5, 5.41) is 2.06. The minimum atomic E-state index is 0.920. The highest BCUT2D eigenvalue weighted by atomic mass is 32.1. The number of furan rings is 1. The van der Waals surface area contributed by atoms with Crippen molar-refractivity contribution in [1.82, 2.24) is 0 Å². The van der Waals surface area contributed by atoms with Crippen LogP contribution >= 0.6 is 11.3 Å². The maximum atomic E-state index is 5.82. The van der Waals surface area contributed by atoms with Crippen LogP contribution in [0.5, 0.6) is 0 Å². The van der Waals surface area contributed by atoms with E-state index in [0.717, 1.165) is 17.1 Å². The highest BCUT2D eigenvalue weighted by Crippen LogP contribution is 2.30. The van der Waals surface area contributed by atoms with Crippen LogP contribution in [-0.2, 0) is 0 Å². The molecule has 78 valence electrons. The van der Waals surface area contributed by atoms with Gasteiger partial charge in [0.2, 0.25) is 0 Å². The first-order valence-electron chi connectivity index (χ1n) is 5.12. The lowest BCUT2D eigenvalue weighted by molar-refractivity contribution is 0.599. The molecular weight excluding hydrogens is 216 g/mol. The molecule has 0 unspecified atom stereocenters. The van der Waals surface area contributed by atoms with E-state index in [1.807, 2.05) is 36.4 Å². The van der Waals surface area contributed by atoms with Crippen molar-refractivity contribution in [1.29, 1.82) is 0 Å². The van der Waals surface area contributed by atoms with E-state index in [2.05, 4.69) is 23.6 Å². The van der Waals surface area contributed by atoms with Crippen LogP contribution in [-0.4, -0.2) is 0 Å². The summed E-state index contributed by atoms with van der Waals surface area (Å²) in [6.07, 6.45) is 0. The minimum Gasteiger partial charge on any atom is -0.455 e. The van der Waals surface area contributed by atoms with Crippen molar-refractivity contribution in [3.8, 4) is 22.0 Å². The SMILES string of the molecule is c1ccc(-c2ccc(-c3cccs3)o2)cc1. The van der Waals surface area contributed by atoms with Crippen molar-refractivity contribution in [2.75, 3.05) is 0 Å². The first-order valence-corrected chi connectivity index (χ1v) is 6.00. The molecule has 1 aromatic carbocycles. The Morgan fingerprint density at radius 2 is 1.56 bits per heavy atom. The fourth-order valence-electron chi connectivity index (χ4n) is 1.65. The van der Waals surface area contributed by atoms with Crippen molar-refractivity contribution in [2.24, 2.45) is 0 Å². The Kier molecular flexibility index (Phi) is 2.35. The molecule has 1 nitrogen and oxygen atoms in total. The number of rotatable bonds is 2. The van der Waals surface area contributed by atoms with Gasteiger partial charge in [-0.1, -0.05) is 36.4 Å². The van der Waals surface area contributed by atoms with Gasteiger partial charge in [0.15, 0.2) is 0 Å². The molecule has 0 saturated carbocycles. The molecule has 0 bridgehead atoms. The van der Waals surface area contributed by atoms with Crippen molar-refractivity contribution < 1.29 is 4.42 Å². The summed E-state index contributed by atoms with van der Waals surface area (Å²) < 4.78 is 5.82. The maximum Gasteiger partial charge on any atom is 0.144 e. The van der Waals surface area contributed by atoms with Gasteiger partial charge in [-0.25, -0.2) is 0 Å². The van der Waals surface area contributed by atoms with Crippen molar-refractivity contribution >= 4 is 11.3 Å². The van der Waals surface area contributed by atoms with Crippen molar-refractivity contribution in [3.63, 3.8) is 0 Å². The van der Waals surface area contributed by atoms with Crippen LogP contribution in [0.2, 0.25) is 0 Å². The summed E-state index contributed by atoms with van der Waals surface area (Å²) in [4.78, 5) is 1.17. The van der Waals surface area contributed by atoms with E-state index in [9.17, 15) is 0 Å². The molecule has 0 N–H and O–H groups in total. The average Bonchev–Trinajstić information content (AvgIpc) is 3.01. The zero-order valence-corrected chi connectivity index (χ0v) is 9.41. The van der Waals surface area contributed by atoms with E-state index in [-0.39, 0.29) is 0 Å². The van der Waals surface area contributed by atoms with Crippen LogP contribution in [0.3, 0.4) is 0 Å². The summed E-state index contributed by atoms with van der Waals surface area (Å²) in [5.74, 6) is 1.86. The molecule has 0 amide bonds. The summed E-state index contributed by atoms with van der Waals surface area (Å²) >= 11 is 1.69. The van der Waals surface area contributed by atoms with Crippen LogP contribution in [0, 0.1) is 0 Å². The molecule has 0 aliphatic heterocycles. The van der Waals surface area contributed by atoms with Crippen LogP contribution in [0.4, 0.5) is 0 Å². The van der Waals surface area contributed by atoms with Crippen LogP contribution in [0.25, 0.3) is 22.0 Å². The zero-order valence-electron chi connectivity index (χ0n) is 8.59. The predicted molar refractivity (Wildman–Crippen MR) is 67.5 cm³/mol. The predicted octanol–water partition coefficient (Wildman–Crippen LogP) is 4.68. The van der Waals surface area contributed by atoms with E-state index in [1.54, 1.807) is 11.3 Å². The molecule has 0 spiro atoms. The Morgan fingerprint density at radius 1 is 0.750 bits per heavy atom. The number of hydrogen-bond acceptors (Lipinski definition) is 2. The van der Waals surface area contributed by atoms with Crippen molar-refractivity contribution in [3.05, 3.63) is 60.0 Å². The highest BCUT2D eigenvalue weighted by molar-refractivity contribution is 7.13. The van der Waals surface area contributed by atoms with E-state index in [4.69, 9.17) is 4.42 Å². The summed E-state index contributed by atoms with van der Waals surface area (Å²) in [5.41, 5.74) is 1.12. The van der Waals surface area contributed by atoms with E-state index >= 15 is 0 Å². The van der Waals surface area contributed by atoms with Gasteiger partial charge in [-0.2, -0.15) is 0 Å². The minimum absolute atomic E-state index is 0.920. The Balaban J connectivity index is 2.00. The average molecular weight is 226 g/mol. The second kappa shape index (κ2) is 3.99. The molecule has 3 rings (SSSR count). The molecule has 2 aromatic heterocycles. The van der Waals surface area contributed by atoms with Gasteiger partial charge in [0.05, 0.1) is 4.88 Å². The third-order valence-electron chi connectivity index (χ3n) is 2.43. The quantitative estimate of drug-likeness (QED) is 0.618. The lowest BCUT2D eigenvalue weighted by Crippen LogP contribution is -1.70. The van der Waals surface area contributed by atoms with Gasteiger partial charge in [0, 0.05) is 5.56 Å². The van der Waals surface area contributed by atoms with E-state index in [1.165, 1.54) is 4.88 Å². The molecule has 0 aliphatic carbocycles. The molecule has 0 fully saturated rings. The Bertz CT molecular complexity index is 564. The smallest absolute Gasteiger partial charge is 0.144 e. The molecule has 0 saturated heterocycles. The van der Waals surface area contributed by atoms with Gasteiger partial charge in [-0.15, -0.1) is 11.3 Å². The van der Waals surface area contributed by atoms with Gasteiger partial charge >= 0.3 is 0 Å². The highest BCUT2D eigenvalue weighted by Gasteiger charge is 2.06. The molecule has 0 aliphatic rings. The summed E-state index contributed by atoms with van der Waals surface area (Å²) in [6.45, 7) is 0. The fraction of sp³-hybridized carbons (Fsp3) is 0. The molecule has 3 aromatic rings. The Morgan fingerprint density at radius 3 is 2.31 bits per heavy atom. The molecule has 2 heteroatoms. The third kappa shape index (κ3) is 1.68. The van der Waals surface area contributed by atoms with Crippen LogP contribution in [0.15, 0.2) is 64.4 Å². The second-order valence-corrected chi connectivity index (χ2v) is 4.45. The first kappa shape index (κ1) is 9.43. The molecule has 2 heterocycles. The normalized spacial score (nSPS) is 10.5. The first-order chi connectivity index (χ1) is 7.93. The van der Waals surface area contributed by atoms with Gasteiger partial charge in [0.1, 0.15) is 11.5 Å². The number of hydrogen-bond donors (Lipinski definition) is 0.